The van der Waals surface area contributed by atoms with Gasteiger partial charge in [0.25, 0.3) is 0 Å². The summed E-state index contributed by atoms with van der Waals surface area (Å²) >= 11 is 2.84. The van der Waals surface area contributed by atoms with E-state index >= 15 is 0 Å². The Kier molecular flexibility index (Phi) is 19.3. The highest BCUT2D eigenvalue weighted by atomic mass is 32.2. The Morgan fingerprint density at radius 3 is 2.28 bits per heavy atom. The molecule has 0 bridgehead atoms. The van der Waals surface area contributed by atoms with Crippen LogP contribution < -0.4 is 10.2 Å². The van der Waals surface area contributed by atoms with E-state index in [1.807, 2.05) is 81.5 Å². The molecule has 0 saturated carbocycles. The first-order valence-electron chi connectivity index (χ1n) is 19.7. The van der Waals surface area contributed by atoms with Gasteiger partial charge in [-0.2, -0.15) is 8.91 Å². The standard InChI is InChI=1S/C42H57N3O12S4/c1-40(2,3)39(46)19-14-24-43(8)61(50,51)32-21-23-36-34(30-32)42(6,7)38(45(36)26-16-28-59-56-53-48)18-13-11-9-10-12-17-37-41(4,5)33-29-31(60-57-54-49)20-22-35(33)44(37)25-15-27-58-55-52-47/h9-13,17-18,20-23,29-30H,14-16,19,24-28H2,1-8H3,(H2-,47,48,49). The van der Waals surface area contributed by atoms with Crippen molar-refractivity contribution in [1.29, 1.82) is 0 Å². The van der Waals surface area contributed by atoms with Gasteiger partial charge in [0.2, 0.25) is 15.7 Å². The maximum Gasteiger partial charge on any atom is 0.242 e. The molecule has 2 aromatic carbocycles. The Labute approximate surface area is 372 Å². The van der Waals surface area contributed by atoms with Crippen LogP contribution in [0.2, 0.25) is 0 Å². The number of carbonyl (C=O) groups is 1. The van der Waals surface area contributed by atoms with Crippen molar-refractivity contribution in [2.24, 2.45) is 5.41 Å². The average molecular weight is 924 g/mol. The van der Waals surface area contributed by atoms with Crippen LogP contribution in [0.25, 0.3) is 0 Å². The van der Waals surface area contributed by atoms with Gasteiger partial charge >= 0.3 is 0 Å². The summed E-state index contributed by atoms with van der Waals surface area (Å²) in [7, 11) is -2.29. The highest BCUT2D eigenvalue weighted by molar-refractivity contribution is 7.95. The molecule has 4 rings (SSSR count). The normalized spacial score (nSPS) is 17.0. The lowest BCUT2D eigenvalue weighted by Gasteiger charge is -2.27. The Hall–Kier alpha value is -2.86. The van der Waals surface area contributed by atoms with E-state index in [2.05, 4.69) is 71.4 Å². The number of rotatable bonds is 25. The van der Waals surface area contributed by atoms with Gasteiger partial charge in [0.05, 0.1) is 22.4 Å². The van der Waals surface area contributed by atoms with Gasteiger partial charge in [0.1, 0.15) is 12.3 Å². The van der Waals surface area contributed by atoms with Crippen LogP contribution in [-0.2, 0) is 53.8 Å². The Bertz CT molecular complexity index is 2080. The Balaban J connectivity index is 1.56. The lowest BCUT2D eigenvalue weighted by Crippen LogP contribution is -2.29. The SMILES string of the molecule is CN(CCCC(=O)C(C)(C)C)S(=O)(=O)c1ccc2c(c1)C(C)(C)\C(=C/C=C/C=C/C=C/C1=[N+](CCCSOOO)c3ccc(SOOO)cc3C1(C)C)N2CCCSOO[O-]. The minimum absolute atomic E-state index is 0.0942. The van der Waals surface area contributed by atoms with Crippen molar-refractivity contribution >= 4 is 69.0 Å². The predicted octanol–water partition coefficient (Wildman–Crippen LogP) is 8.58. The van der Waals surface area contributed by atoms with Crippen molar-refractivity contribution < 1.29 is 61.7 Å². The summed E-state index contributed by atoms with van der Waals surface area (Å²) in [6.07, 6.45) is 16.0. The molecule has 0 saturated heterocycles. The highest BCUT2D eigenvalue weighted by Gasteiger charge is 2.44. The van der Waals surface area contributed by atoms with Gasteiger partial charge in [-0.3, -0.25) is 9.83 Å². The van der Waals surface area contributed by atoms with Gasteiger partial charge in [-0.05, 0) is 68.7 Å². The average Bonchev–Trinajstić information content (AvgIpc) is 3.56. The van der Waals surface area contributed by atoms with E-state index in [9.17, 15) is 18.5 Å². The van der Waals surface area contributed by atoms with Gasteiger partial charge in [0, 0.05) is 113 Å². The number of fused-ring (bicyclic) bond motifs is 2. The monoisotopic (exact) mass is 923 g/mol. The molecular weight excluding hydrogens is 867 g/mol. The lowest BCUT2D eigenvalue weighted by atomic mass is 9.81. The summed E-state index contributed by atoms with van der Waals surface area (Å²) in [5.74, 6) is 1.18. The van der Waals surface area contributed by atoms with E-state index in [1.165, 1.54) is 4.31 Å². The third-order valence-corrected chi connectivity index (χ3v) is 14.3. The second-order valence-corrected chi connectivity index (χ2v) is 20.8. The molecule has 0 radical (unpaired) electrons. The number of hydrogen-bond acceptors (Lipinski definition) is 16. The van der Waals surface area contributed by atoms with Crippen molar-refractivity contribution in [3.8, 4) is 0 Å². The molecule has 0 amide bonds. The number of ketones is 1. The summed E-state index contributed by atoms with van der Waals surface area (Å²) in [5.41, 5.74) is 4.48. The van der Waals surface area contributed by atoms with Crippen molar-refractivity contribution in [3.63, 3.8) is 0 Å². The van der Waals surface area contributed by atoms with Crippen LogP contribution in [0.5, 0.6) is 0 Å². The molecule has 0 aromatic heterocycles. The van der Waals surface area contributed by atoms with Crippen LogP contribution in [0, 0.1) is 5.41 Å². The number of nitrogens with zero attached hydrogens (tertiary/aromatic N) is 3. The lowest BCUT2D eigenvalue weighted by molar-refractivity contribution is -0.777. The fraction of sp³-hybridized carbons (Fsp3) is 0.476. The van der Waals surface area contributed by atoms with Gasteiger partial charge < -0.3 is 10.2 Å². The van der Waals surface area contributed by atoms with Gasteiger partial charge in [0.15, 0.2) is 5.71 Å². The summed E-state index contributed by atoms with van der Waals surface area (Å²) in [6, 6.07) is 11.1. The molecule has 2 aromatic rings. The second-order valence-electron chi connectivity index (χ2n) is 16.4. The van der Waals surface area contributed by atoms with Crippen molar-refractivity contribution in [2.45, 2.75) is 94.8 Å². The smallest absolute Gasteiger partial charge is 0.242 e. The van der Waals surface area contributed by atoms with E-state index in [4.69, 9.17) is 10.5 Å². The molecule has 0 aliphatic carbocycles. The number of allylic oxidation sites excluding steroid dienone is 8. The van der Waals surface area contributed by atoms with Crippen LogP contribution in [-0.4, -0.2) is 77.5 Å². The maximum atomic E-state index is 13.8. The van der Waals surface area contributed by atoms with Crippen LogP contribution in [0.4, 0.5) is 11.4 Å². The minimum atomic E-state index is -3.83. The number of sulfonamides is 1. The van der Waals surface area contributed by atoms with Gasteiger partial charge in [-0.15, -0.1) is 8.67 Å². The molecule has 2 aliphatic heterocycles. The Morgan fingerprint density at radius 1 is 0.885 bits per heavy atom. The van der Waals surface area contributed by atoms with Crippen LogP contribution >= 0.6 is 36.1 Å². The fourth-order valence-corrected chi connectivity index (χ4v) is 9.70. The first kappa shape index (κ1) is 50.8. The third-order valence-electron chi connectivity index (χ3n) is 10.6. The van der Waals surface area contributed by atoms with E-state index in [0.717, 1.165) is 81.4 Å². The molecule has 0 atom stereocenters. The summed E-state index contributed by atoms with van der Waals surface area (Å²) in [5, 5.41) is 38.5. The molecule has 15 nitrogen and oxygen atoms in total. The first-order valence-corrected chi connectivity index (χ1v) is 23.7. The zero-order valence-corrected chi connectivity index (χ0v) is 39.1. The van der Waals surface area contributed by atoms with Crippen LogP contribution in [0.1, 0.15) is 85.3 Å². The van der Waals surface area contributed by atoms with Gasteiger partial charge in [-0.1, -0.05) is 75.1 Å². The predicted molar refractivity (Wildman–Crippen MR) is 237 cm³/mol. The van der Waals surface area contributed by atoms with Crippen molar-refractivity contribution in [1.82, 2.24) is 4.31 Å². The molecule has 0 fully saturated rings. The van der Waals surface area contributed by atoms with Crippen molar-refractivity contribution in [3.05, 3.63) is 95.8 Å². The van der Waals surface area contributed by atoms with E-state index < -0.39 is 20.9 Å². The second kappa shape index (κ2) is 23.2. The number of benzene rings is 2. The van der Waals surface area contributed by atoms with Crippen molar-refractivity contribution in [2.75, 3.05) is 43.1 Å². The molecule has 0 unspecified atom stereocenters. The zero-order valence-electron chi connectivity index (χ0n) is 35.8. The number of carbonyl (C=O) groups excluding carboxylic acids is 1. The van der Waals surface area contributed by atoms with E-state index in [-0.39, 0.29) is 22.6 Å². The number of Topliss-reactive ketones (excluding diaryl/α,β-unsaturated/α-hetero) is 1. The first-order chi connectivity index (χ1) is 28.9. The zero-order chi connectivity index (χ0) is 44.8. The third kappa shape index (κ3) is 13.1. The number of anilines is 1. The molecule has 2 N–H and O–H groups in total. The summed E-state index contributed by atoms with van der Waals surface area (Å²) in [6.45, 7) is 15.5. The fourth-order valence-electron chi connectivity index (χ4n) is 7.35. The topological polar surface area (TPSA) is 180 Å². The largest absolute Gasteiger partial charge is 0.691 e. The quantitative estimate of drug-likeness (QED) is 0.0241. The molecule has 0 spiro atoms. The minimum Gasteiger partial charge on any atom is -0.691 e. The molecule has 19 heteroatoms. The molecular formula is C42H57N3O12S4. The van der Waals surface area contributed by atoms with Gasteiger partial charge in [-0.25, -0.2) is 23.2 Å². The van der Waals surface area contributed by atoms with E-state index in [0.29, 0.717) is 43.9 Å². The molecule has 2 aliphatic rings. The van der Waals surface area contributed by atoms with Crippen LogP contribution in [0.3, 0.4) is 0 Å². The summed E-state index contributed by atoms with van der Waals surface area (Å²) < 4.78 is 44.8. The molecule has 336 valence electrons. The Morgan fingerprint density at radius 2 is 1.57 bits per heavy atom. The molecule has 61 heavy (non-hydrogen) atoms. The highest BCUT2D eigenvalue weighted by Crippen LogP contribution is 2.49. The number of hydrogen-bond donors (Lipinski definition) is 2. The van der Waals surface area contributed by atoms with Crippen LogP contribution in [0.15, 0.2) is 94.4 Å². The summed E-state index contributed by atoms with van der Waals surface area (Å²) in [4.78, 5) is 15.6. The molecule has 2 heterocycles. The maximum absolute atomic E-state index is 13.8. The van der Waals surface area contributed by atoms with E-state index in [1.54, 1.807) is 19.2 Å².